The van der Waals surface area contributed by atoms with Crippen molar-refractivity contribution in [1.29, 1.82) is 0 Å². The lowest BCUT2D eigenvalue weighted by Gasteiger charge is -2.04. The standard InChI is InChI=1S/C13H12O4/c1-3-8-5-4-6-9-10(8)7-11(13(15)16-2)17-12(9)14/h4-7H,3H2,1-2H3. The third-order valence-electron chi connectivity index (χ3n) is 2.66. The van der Waals surface area contributed by atoms with Gasteiger partial charge in [-0.25, -0.2) is 9.59 Å². The summed E-state index contributed by atoms with van der Waals surface area (Å²) in [5, 5.41) is 1.23. The van der Waals surface area contributed by atoms with E-state index in [1.54, 1.807) is 18.2 Å². The summed E-state index contributed by atoms with van der Waals surface area (Å²) >= 11 is 0. The summed E-state index contributed by atoms with van der Waals surface area (Å²) in [4.78, 5) is 23.1. The molecule has 0 unspecified atom stereocenters. The second-order valence-corrected chi connectivity index (χ2v) is 3.62. The van der Waals surface area contributed by atoms with Gasteiger partial charge in [0.25, 0.3) is 0 Å². The fraction of sp³-hybridized carbons (Fsp3) is 0.231. The molecule has 0 bridgehead atoms. The Labute approximate surface area is 97.8 Å². The van der Waals surface area contributed by atoms with Gasteiger partial charge in [-0.2, -0.15) is 0 Å². The van der Waals surface area contributed by atoms with Crippen molar-refractivity contribution in [2.24, 2.45) is 0 Å². The molecule has 0 amide bonds. The summed E-state index contributed by atoms with van der Waals surface area (Å²) in [5.41, 5.74) is 0.485. The number of fused-ring (bicyclic) bond motifs is 1. The Morgan fingerprint density at radius 1 is 1.35 bits per heavy atom. The molecule has 0 saturated heterocycles. The molecule has 0 radical (unpaired) electrons. The average Bonchev–Trinajstić information content (AvgIpc) is 2.37. The van der Waals surface area contributed by atoms with E-state index < -0.39 is 11.6 Å². The van der Waals surface area contributed by atoms with Gasteiger partial charge in [0.15, 0.2) is 0 Å². The predicted molar refractivity (Wildman–Crippen MR) is 63.2 cm³/mol. The SMILES string of the molecule is CCc1cccc2c(=O)oc(C(=O)OC)cc12. The lowest BCUT2D eigenvalue weighted by atomic mass is 10.0. The van der Waals surface area contributed by atoms with E-state index in [9.17, 15) is 9.59 Å². The minimum atomic E-state index is -0.644. The van der Waals surface area contributed by atoms with Crippen LogP contribution in [-0.4, -0.2) is 13.1 Å². The van der Waals surface area contributed by atoms with Crippen LogP contribution in [0.2, 0.25) is 0 Å². The molecular formula is C13H12O4. The summed E-state index contributed by atoms with van der Waals surface area (Å²) in [7, 11) is 1.25. The van der Waals surface area contributed by atoms with E-state index in [1.165, 1.54) is 7.11 Å². The highest BCUT2D eigenvalue weighted by Gasteiger charge is 2.13. The van der Waals surface area contributed by atoms with E-state index >= 15 is 0 Å². The van der Waals surface area contributed by atoms with Crippen molar-refractivity contribution in [2.45, 2.75) is 13.3 Å². The molecular weight excluding hydrogens is 220 g/mol. The average molecular weight is 232 g/mol. The molecule has 0 N–H and O–H groups in total. The highest BCUT2D eigenvalue weighted by atomic mass is 16.5. The number of aryl methyl sites for hydroxylation is 1. The molecule has 0 aliphatic heterocycles. The van der Waals surface area contributed by atoms with Gasteiger partial charge in [0, 0.05) is 0 Å². The normalized spacial score (nSPS) is 10.5. The van der Waals surface area contributed by atoms with Crippen LogP contribution in [0.3, 0.4) is 0 Å². The largest absolute Gasteiger partial charge is 0.463 e. The number of benzene rings is 1. The van der Waals surface area contributed by atoms with Crippen molar-refractivity contribution < 1.29 is 13.9 Å². The monoisotopic (exact) mass is 232 g/mol. The topological polar surface area (TPSA) is 56.5 Å². The first-order valence-corrected chi connectivity index (χ1v) is 5.31. The van der Waals surface area contributed by atoms with E-state index in [0.717, 1.165) is 17.4 Å². The van der Waals surface area contributed by atoms with Crippen LogP contribution in [0.1, 0.15) is 23.0 Å². The first kappa shape index (κ1) is 11.4. The maximum atomic E-state index is 11.7. The first-order valence-electron chi connectivity index (χ1n) is 5.31. The Morgan fingerprint density at radius 2 is 2.12 bits per heavy atom. The van der Waals surface area contributed by atoms with Gasteiger partial charge in [0.2, 0.25) is 5.76 Å². The first-order chi connectivity index (χ1) is 8.17. The van der Waals surface area contributed by atoms with Crippen LogP contribution in [0.4, 0.5) is 0 Å². The van der Waals surface area contributed by atoms with Crippen LogP contribution in [0.25, 0.3) is 10.8 Å². The van der Waals surface area contributed by atoms with Crippen LogP contribution >= 0.6 is 0 Å². The summed E-state index contributed by atoms with van der Waals surface area (Å²) in [6.45, 7) is 1.99. The van der Waals surface area contributed by atoms with E-state index in [4.69, 9.17) is 4.42 Å². The Kier molecular flexibility index (Phi) is 2.95. The van der Waals surface area contributed by atoms with Crippen LogP contribution in [0.15, 0.2) is 33.5 Å². The second kappa shape index (κ2) is 4.41. The predicted octanol–water partition coefficient (Wildman–Crippen LogP) is 2.14. The molecule has 0 saturated carbocycles. The van der Waals surface area contributed by atoms with Gasteiger partial charge in [0.1, 0.15) is 0 Å². The molecule has 0 fully saturated rings. The molecule has 2 rings (SSSR count). The van der Waals surface area contributed by atoms with Gasteiger partial charge in [-0.1, -0.05) is 19.1 Å². The quantitative estimate of drug-likeness (QED) is 0.744. The van der Waals surface area contributed by atoms with Crippen molar-refractivity contribution >= 4 is 16.7 Å². The Balaban J connectivity index is 2.79. The van der Waals surface area contributed by atoms with Crippen molar-refractivity contribution in [3.05, 3.63) is 46.0 Å². The Bertz CT molecular complexity index is 625. The minimum absolute atomic E-state index is 0.0640. The van der Waals surface area contributed by atoms with Crippen molar-refractivity contribution in [2.75, 3.05) is 7.11 Å². The van der Waals surface area contributed by atoms with Gasteiger partial charge < -0.3 is 9.15 Å². The number of ether oxygens (including phenoxy) is 1. The van der Waals surface area contributed by atoms with E-state index in [2.05, 4.69) is 4.74 Å². The number of carbonyl (C=O) groups excluding carboxylic acids is 1. The van der Waals surface area contributed by atoms with Crippen LogP contribution in [0.5, 0.6) is 0 Å². The number of rotatable bonds is 2. The molecule has 4 nitrogen and oxygen atoms in total. The maximum Gasteiger partial charge on any atom is 0.374 e. The van der Waals surface area contributed by atoms with Gasteiger partial charge in [0.05, 0.1) is 12.5 Å². The number of carbonyl (C=O) groups is 1. The second-order valence-electron chi connectivity index (χ2n) is 3.62. The van der Waals surface area contributed by atoms with E-state index in [0.29, 0.717) is 5.39 Å². The lowest BCUT2D eigenvalue weighted by molar-refractivity contribution is 0.0560. The molecule has 0 aliphatic rings. The smallest absolute Gasteiger partial charge is 0.374 e. The third-order valence-corrected chi connectivity index (χ3v) is 2.66. The molecule has 17 heavy (non-hydrogen) atoms. The molecule has 1 heterocycles. The van der Waals surface area contributed by atoms with Gasteiger partial charge >= 0.3 is 11.6 Å². The highest BCUT2D eigenvalue weighted by Crippen LogP contribution is 2.18. The molecule has 4 heteroatoms. The zero-order valence-electron chi connectivity index (χ0n) is 9.65. The zero-order chi connectivity index (χ0) is 12.4. The third kappa shape index (κ3) is 1.93. The molecule has 2 aromatic rings. The lowest BCUT2D eigenvalue weighted by Crippen LogP contribution is -2.09. The molecule has 1 aromatic heterocycles. The molecule has 88 valence electrons. The van der Waals surface area contributed by atoms with Crippen molar-refractivity contribution in [3.8, 4) is 0 Å². The fourth-order valence-corrected chi connectivity index (χ4v) is 1.79. The van der Waals surface area contributed by atoms with Crippen LogP contribution in [0, 0.1) is 0 Å². The summed E-state index contributed by atoms with van der Waals surface area (Å²) in [6, 6.07) is 6.96. The van der Waals surface area contributed by atoms with Gasteiger partial charge in [-0.05, 0) is 29.5 Å². The van der Waals surface area contributed by atoms with Gasteiger partial charge in [-0.3, -0.25) is 0 Å². The number of methoxy groups -OCH3 is 1. The zero-order valence-corrected chi connectivity index (χ0v) is 9.65. The van der Waals surface area contributed by atoms with Gasteiger partial charge in [-0.15, -0.1) is 0 Å². The summed E-state index contributed by atoms with van der Waals surface area (Å²) in [5.74, 6) is -0.708. The fourth-order valence-electron chi connectivity index (χ4n) is 1.79. The van der Waals surface area contributed by atoms with Crippen LogP contribution < -0.4 is 5.63 Å². The number of hydrogen-bond acceptors (Lipinski definition) is 4. The van der Waals surface area contributed by atoms with E-state index in [1.807, 2.05) is 13.0 Å². The molecule has 0 spiro atoms. The van der Waals surface area contributed by atoms with Crippen LogP contribution in [-0.2, 0) is 11.2 Å². The minimum Gasteiger partial charge on any atom is -0.463 e. The Hall–Kier alpha value is -2.10. The maximum absolute atomic E-state index is 11.7. The number of hydrogen-bond donors (Lipinski definition) is 0. The molecule has 0 aliphatic carbocycles. The van der Waals surface area contributed by atoms with Crippen molar-refractivity contribution in [1.82, 2.24) is 0 Å². The van der Waals surface area contributed by atoms with Crippen molar-refractivity contribution in [3.63, 3.8) is 0 Å². The van der Waals surface area contributed by atoms with E-state index in [-0.39, 0.29) is 5.76 Å². The molecule has 1 aromatic carbocycles. The molecule has 0 atom stereocenters. The number of esters is 1. The summed E-state index contributed by atoms with van der Waals surface area (Å²) in [6.07, 6.45) is 0.779. The Morgan fingerprint density at radius 3 is 2.76 bits per heavy atom. The highest BCUT2D eigenvalue weighted by molar-refractivity contribution is 5.93. The summed E-state index contributed by atoms with van der Waals surface area (Å²) < 4.78 is 9.45.